The van der Waals surface area contributed by atoms with Crippen molar-refractivity contribution in [2.45, 2.75) is 39.3 Å². The molecular weight excluding hydrogens is 254 g/mol. The summed E-state index contributed by atoms with van der Waals surface area (Å²) in [5.74, 6) is 0.648. The molecule has 1 aliphatic rings. The van der Waals surface area contributed by atoms with Crippen LogP contribution in [0, 0.1) is 0 Å². The van der Waals surface area contributed by atoms with Crippen LogP contribution < -0.4 is 10.1 Å². The lowest BCUT2D eigenvalue weighted by atomic mass is 10.3. The number of nitrogens with one attached hydrogen (secondary N) is 1. The number of pyridine rings is 1. The van der Waals surface area contributed by atoms with E-state index in [0.717, 1.165) is 12.2 Å². The Labute approximate surface area is 120 Å². The maximum absolute atomic E-state index is 11.8. The second-order valence-corrected chi connectivity index (χ2v) is 5.00. The normalized spacial score (nSPS) is 14.1. The van der Waals surface area contributed by atoms with Crippen LogP contribution in [-0.2, 0) is 11.3 Å². The van der Waals surface area contributed by atoms with Crippen molar-refractivity contribution in [1.29, 1.82) is 0 Å². The van der Waals surface area contributed by atoms with Gasteiger partial charge >= 0.3 is 0 Å². The number of aromatic nitrogens is 1. The number of carbonyl (C=O) groups excluding carboxylic acids is 1. The average molecular weight is 277 g/mol. The molecule has 1 aliphatic carbocycles. The number of amides is 1. The zero-order valence-corrected chi connectivity index (χ0v) is 12.3. The molecule has 0 unspecified atom stereocenters. The molecule has 0 aromatic carbocycles. The minimum absolute atomic E-state index is 0.00877. The molecule has 110 valence electrons. The summed E-state index contributed by atoms with van der Waals surface area (Å²) in [7, 11) is 0. The second kappa shape index (κ2) is 7.24. The molecule has 5 nitrogen and oxygen atoms in total. The third kappa shape index (κ3) is 4.49. The highest BCUT2D eigenvalue weighted by Gasteiger charge is 2.20. The molecule has 1 N–H and O–H groups in total. The highest BCUT2D eigenvalue weighted by atomic mass is 16.5. The van der Waals surface area contributed by atoms with Gasteiger partial charge in [-0.05, 0) is 38.8 Å². The molecule has 0 radical (unpaired) electrons. The molecule has 1 fully saturated rings. The van der Waals surface area contributed by atoms with E-state index in [1.54, 1.807) is 11.1 Å². The fraction of sp³-hybridized carbons (Fsp3) is 0.600. The lowest BCUT2D eigenvalue weighted by Crippen LogP contribution is -2.34. The Morgan fingerprint density at radius 3 is 2.70 bits per heavy atom. The van der Waals surface area contributed by atoms with Gasteiger partial charge in [0.2, 0.25) is 0 Å². The van der Waals surface area contributed by atoms with E-state index in [0.29, 0.717) is 24.9 Å². The van der Waals surface area contributed by atoms with Gasteiger partial charge in [0.15, 0.2) is 6.61 Å². The number of nitrogens with zero attached hydrogens (tertiary/aromatic N) is 2. The van der Waals surface area contributed by atoms with Crippen molar-refractivity contribution in [2.24, 2.45) is 0 Å². The van der Waals surface area contributed by atoms with E-state index in [1.807, 2.05) is 26.0 Å². The molecule has 20 heavy (non-hydrogen) atoms. The van der Waals surface area contributed by atoms with Gasteiger partial charge in [-0.25, -0.2) is 0 Å². The Kier molecular flexibility index (Phi) is 5.35. The molecule has 0 spiro atoms. The molecule has 1 aromatic heterocycles. The molecule has 5 heteroatoms. The summed E-state index contributed by atoms with van der Waals surface area (Å²) in [6, 6.07) is 4.48. The smallest absolute Gasteiger partial charge is 0.260 e. The van der Waals surface area contributed by atoms with Gasteiger partial charge < -0.3 is 15.0 Å². The second-order valence-electron chi connectivity index (χ2n) is 5.00. The van der Waals surface area contributed by atoms with Crippen LogP contribution in [0.4, 0.5) is 0 Å². The monoisotopic (exact) mass is 277 g/mol. The fourth-order valence-corrected chi connectivity index (χ4v) is 1.95. The van der Waals surface area contributed by atoms with Crippen LogP contribution in [0.25, 0.3) is 0 Å². The van der Waals surface area contributed by atoms with Crippen molar-refractivity contribution in [1.82, 2.24) is 15.2 Å². The first-order chi connectivity index (χ1) is 9.72. The van der Waals surface area contributed by atoms with Crippen molar-refractivity contribution in [3.8, 4) is 5.75 Å². The Balaban J connectivity index is 1.76. The number of hydrogen-bond donors (Lipinski definition) is 1. The molecule has 1 saturated carbocycles. The lowest BCUT2D eigenvalue weighted by molar-refractivity contribution is -0.132. The van der Waals surface area contributed by atoms with Crippen LogP contribution in [0.3, 0.4) is 0 Å². The highest BCUT2D eigenvalue weighted by Crippen LogP contribution is 2.19. The number of likely N-dealkylation sites (N-methyl/N-ethyl adjacent to an activating group) is 1. The standard InChI is InChI=1S/C15H23N3O2/c1-3-18(4-2)15(19)11-20-14-8-7-13(17-10-14)9-16-12-5-6-12/h7-8,10,12,16H,3-6,9,11H2,1-2H3. The molecule has 1 heterocycles. The number of hydrogen-bond acceptors (Lipinski definition) is 4. The van der Waals surface area contributed by atoms with Crippen LogP contribution in [0.5, 0.6) is 5.75 Å². The topological polar surface area (TPSA) is 54.5 Å². The van der Waals surface area contributed by atoms with Gasteiger partial charge in [0.1, 0.15) is 5.75 Å². The third-order valence-electron chi connectivity index (χ3n) is 3.43. The fourth-order valence-electron chi connectivity index (χ4n) is 1.95. The van der Waals surface area contributed by atoms with E-state index >= 15 is 0 Å². The quantitative estimate of drug-likeness (QED) is 0.784. The van der Waals surface area contributed by atoms with Gasteiger partial charge in [-0.2, -0.15) is 0 Å². The number of carbonyl (C=O) groups is 1. The zero-order valence-electron chi connectivity index (χ0n) is 12.3. The van der Waals surface area contributed by atoms with Crippen molar-refractivity contribution in [3.63, 3.8) is 0 Å². The van der Waals surface area contributed by atoms with Crippen LogP contribution >= 0.6 is 0 Å². The molecule has 2 rings (SSSR count). The van der Waals surface area contributed by atoms with Crippen LogP contribution in [0.15, 0.2) is 18.3 Å². The van der Waals surface area contributed by atoms with Gasteiger partial charge in [0.05, 0.1) is 11.9 Å². The average Bonchev–Trinajstić information content (AvgIpc) is 3.29. The van der Waals surface area contributed by atoms with E-state index in [9.17, 15) is 4.79 Å². The van der Waals surface area contributed by atoms with E-state index in [2.05, 4.69) is 10.3 Å². The number of rotatable bonds is 8. The van der Waals surface area contributed by atoms with Gasteiger partial charge in [0, 0.05) is 25.7 Å². The van der Waals surface area contributed by atoms with Crippen molar-refractivity contribution >= 4 is 5.91 Å². The Hall–Kier alpha value is -1.62. The minimum Gasteiger partial charge on any atom is -0.482 e. The van der Waals surface area contributed by atoms with Crippen molar-refractivity contribution in [3.05, 3.63) is 24.0 Å². The summed E-state index contributed by atoms with van der Waals surface area (Å²) in [5, 5.41) is 3.41. The Bertz CT molecular complexity index is 425. The van der Waals surface area contributed by atoms with Gasteiger partial charge in [-0.1, -0.05) is 0 Å². The van der Waals surface area contributed by atoms with Gasteiger partial charge in [0.25, 0.3) is 5.91 Å². The van der Waals surface area contributed by atoms with Crippen LogP contribution in [-0.4, -0.2) is 41.5 Å². The SMILES string of the molecule is CCN(CC)C(=O)COc1ccc(CNC2CC2)nc1. The maximum Gasteiger partial charge on any atom is 0.260 e. The summed E-state index contributed by atoms with van der Waals surface area (Å²) in [4.78, 5) is 17.9. The molecule has 1 aromatic rings. The summed E-state index contributed by atoms with van der Waals surface area (Å²) in [5.41, 5.74) is 0.999. The summed E-state index contributed by atoms with van der Waals surface area (Å²) < 4.78 is 5.47. The van der Waals surface area contributed by atoms with E-state index in [4.69, 9.17) is 4.74 Å². The van der Waals surface area contributed by atoms with Gasteiger partial charge in [-0.15, -0.1) is 0 Å². The van der Waals surface area contributed by atoms with Crippen molar-refractivity contribution in [2.75, 3.05) is 19.7 Å². The predicted molar refractivity (Wildman–Crippen MR) is 77.5 cm³/mol. The molecule has 0 saturated heterocycles. The predicted octanol–water partition coefficient (Wildman–Crippen LogP) is 1.58. The van der Waals surface area contributed by atoms with E-state index in [1.165, 1.54) is 12.8 Å². The number of ether oxygens (including phenoxy) is 1. The summed E-state index contributed by atoms with van der Waals surface area (Å²) in [6.07, 6.45) is 4.22. The molecule has 0 bridgehead atoms. The minimum atomic E-state index is 0.00877. The highest BCUT2D eigenvalue weighted by molar-refractivity contribution is 5.77. The van der Waals surface area contributed by atoms with Crippen LogP contribution in [0.2, 0.25) is 0 Å². The van der Waals surface area contributed by atoms with Crippen LogP contribution in [0.1, 0.15) is 32.4 Å². The molecular formula is C15H23N3O2. The first kappa shape index (κ1) is 14.8. The largest absolute Gasteiger partial charge is 0.482 e. The maximum atomic E-state index is 11.8. The third-order valence-corrected chi connectivity index (χ3v) is 3.43. The Morgan fingerprint density at radius 1 is 1.40 bits per heavy atom. The van der Waals surface area contributed by atoms with Gasteiger partial charge in [-0.3, -0.25) is 9.78 Å². The first-order valence-corrected chi connectivity index (χ1v) is 7.31. The zero-order chi connectivity index (χ0) is 14.4. The molecule has 1 amide bonds. The first-order valence-electron chi connectivity index (χ1n) is 7.31. The lowest BCUT2D eigenvalue weighted by Gasteiger charge is -2.18. The summed E-state index contributed by atoms with van der Waals surface area (Å²) in [6.45, 7) is 6.22. The summed E-state index contributed by atoms with van der Waals surface area (Å²) >= 11 is 0. The van der Waals surface area contributed by atoms with Crippen molar-refractivity contribution < 1.29 is 9.53 Å². The molecule has 0 atom stereocenters. The van der Waals surface area contributed by atoms with E-state index < -0.39 is 0 Å². The Morgan fingerprint density at radius 2 is 2.15 bits per heavy atom. The molecule has 0 aliphatic heterocycles. The van der Waals surface area contributed by atoms with E-state index in [-0.39, 0.29) is 12.5 Å².